The van der Waals surface area contributed by atoms with Crippen molar-refractivity contribution in [2.75, 3.05) is 5.32 Å². The molecule has 3 N–H and O–H groups in total. The molecule has 0 spiro atoms. The van der Waals surface area contributed by atoms with Gasteiger partial charge in [0, 0.05) is 11.9 Å². The molecule has 8 nitrogen and oxygen atoms in total. The summed E-state index contributed by atoms with van der Waals surface area (Å²) in [5, 5.41) is 9.98. The van der Waals surface area contributed by atoms with E-state index in [-0.39, 0.29) is 5.56 Å². The van der Waals surface area contributed by atoms with Crippen LogP contribution in [0.5, 0.6) is 0 Å². The molecule has 3 aromatic rings. The number of esters is 1. The Labute approximate surface area is 175 Å². The van der Waals surface area contributed by atoms with Gasteiger partial charge in [0.2, 0.25) is 0 Å². The second-order valence-electron chi connectivity index (χ2n) is 7.06. The number of carbonyl (C=O) groups is 3. The van der Waals surface area contributed by atoms with Crippen molar-refractivity contribution in [1.82, 2.24) is 9.78 Å². The van der Waals surface area contributed by atoms with Crippen molar-refractivity contribution < 1.29 is 19.1 Å². The zero-order valence-corrected chi connectivity index (χ0v) is 18.1. The summed E-state index contributed by atoms with van der Waals surface area (Å²) in [5.41, 5.74) is 6.34. The molecule has 0 radical (unpaired) electrons. The van der Waals surface area contributed by atoms with E-state index in [0.717, 1.165) is 22.5 Å². The minimum absolute atomic E-state index is 0.219. The Kier molecular flexibility index (Phi) is 6.04. The van der Waals surface area contributed by atoms with E-state index in [1.54, 1.807) is 11.4 Å². The maximum absolute atomic E-state index is 12.6. The maximum atomic E-state index is 12.6. The van der Waals surface area contributed by atoms with Gasteiger partial charge >= 0.3 is 5.97 Å². The van der Waals surface area contributed by atoms with Crippen molar-refractivity contribution in [2.24, 2.45) is 11.7 Å². The summed E-state index contributed by atoms with van der Waals surface area (Å²) in [6, 6.07) is 3.27. The molecule has 0 aromatic carbocycles. The first-order valence-corrected chi connectivity index (χ1v) is 10.7. The molecule has 0 aliphatic heterocycles. The molecule has 0 bridgehead atoms. The summed E-state index contributed by atoms with van der Waals surface area (Å²) in [6.45, 7) is 8.33. The first-order valence-electron chi connectivity index (χ1n) is 9.03. The molecule has 1 unspecified atom stereocenters. The number of anilines is 1. The van der Waals surface area contributed by atoms with Crippen LogP contribution in [-0.4, -0.2) is 33.7 Å². The van der Waals surface area contributed by atoms with Gasteiger partial charge in [0.1, 0.15) is 14.7 Å². The Morgan fingerprint density at radius 3 is 2.69 bits per heavy atom. The Bertz CT molecular complexity index is 1080. The highest BCUT2D eigenvalue weighted by Gasteiger charge is 2.24. The third-order valence-electron chi connectivity index (χ3n) is 4.17. The summed E-state index contributed by atoms with van der Waals surface area (Å²) >= 11 is 2.47. The van der Waals surface area contributed by atoms with Gasteiger partial charge in [-0.3, -0.25) is 14.3 Å². The van der Waals surface area contributed by atoms with Crippen LogP contribution in [0.25, 0.3) is 10.2 Å². The largest absolute Gasteiger partial charge is 0.448 e. The van der Waals surface area contributed by atoms with Crippen LogP contribution in [0.3, 0.4) is 0 Å². The van der Waals surface area contributed by atoms with Crippen LogP contribution in [-0.2, 0) is 16.1 Å². The summed E-state index contributed by atoms with van der Waals surface area (Å²) in [6.07, 6.45) is -1.04. The molecule has 10 heteroatoms. The van der Waals surface area contributed by atoms with Gasteiger partial charge < -0.3 is 15.8 Å². The number of nitrogens with one attached hydrogen (secondary N) is 1. The van der Waals surface area contributed by atoms with E-state index in [1.807, 2.05) is 11.6 Å². The number of thiophene rings is 2. The summed E-state index contributed by atoms with van der Waals surface area (Å²) in [7, 11) is 0. The van der Waals surface area contributed by atoms with Crippen LogP contribution < -0.4 is 11.1 Å². The second kappa shape index (κ2) is 8.34. The summed E-state index contributed by atoms with van der Waals surface area (Å²) in [5.74, 6) is -1.33. The van der Waals surface area contributed by atoms with E-state index in [2.05, 4.69) is 24.3 Å². The zero-order chi connectivity index (χ0) is 21.3. The number of hydrogen-bond acceptors (Lipinski definition) is 7. The van der Waals surface area contributed by atoms with E-state index in [9.17, 15) is 14.4 Å². The normalized spacial score (nSPS) is 12.3. The van der Waals surface area contributed by atoms with Gasteiger partial charge in [0.25, 0.3) is 11.8 Å². The number of aryl methyl sites for hydroxylation is 1. The SMILES string of the molecule is Cc1nn(CC(C)C)c2sc(C(=O)OC(C)C(=O)Nc3sccc3C(N)=O)cc12. The van der Waals surface area contributed by atoms with Crippen LogP contribution in [0, 0.1) is 12.8 Å². The lowest BCUT2D eigenvalue weighted by Gasteiger charge is -2.12. The first-order chi connectivity index (χ1) is 13.7. The van der Waals surface area contributed by atoms with Crippen LogP contribution in [0.4, 0.5) is 5.00 Å². The number of nitrogens with zero attached hydrogens (tertiary/aromatic N) is 2. The number of hydrogen-bond donors (Lipinski definition) is 2. The third-order valence-corrected chi connectivity index (χ3v) is 6.13. The van der Waals surface area contributed by atoms with Gasteiger partial charge in [-0.05, 0) is 37.3 Å². The number of rotatable bonds is 7. The topological polar surface area (TPSA) is 116 Å². The van der Waals surface area contributed by atoms with E-state index >= 15 is 0 Å². The number of aromatic nitrogens is 2. The molecule has 3 heterocycles. The average molecular weight is 435 g/mol. The van der Waals surface area contributed by atoms with Crippen LogP contribution in [0.1, 0.15) is 46.5 Å². The van der Waals surface area contributed by atoms with Gasteiger partial charge in [0.15, 0.2) is 6.10 Å². The van der Waals surface area contributed by atoms with Gasteiger partial charge in [-0.1, -0.05) is 13.8 Å². The highest BCUT2D eigenvalue weighted by atomic mass is 32.1. The van der Waals surface area contributed by atoms with E-state index in [4.69, 9.17) is 10.5 Å². The minimum atomic E-state index is -1.04. The molecule has 0 saturated carbocycles. The van der Waals surface area contributed by atoms with Crippen molar-refractivity contribution in [3.63, 3.8) is 0 Å². The van der Waals surface area contributed by atoms with Crippen molar-refractivity contribution in [1.29, 1.82) is 0 Å². The molecule has 0 saturated heterocycles. The van der Waals surface area contributed by atoms with Crippen LogP contribution in [0.15, 0.2) is 17.5 Å². The van der Waals surface area contributed by atoms with Crippen molar-refractivity contribution >= 4 is 55.7 Å². The Morgan fingerprint density at radius 2 is 2.03 bits per heavy atom. The monoisotopic (exact) mass is 434 g/mol. The third kappa shape index (κ3) is 4.48. The van der Waals surface area contributed by atoms with Crippen LogP contribution in [0.2, 0.25) is 0 Å². The lowest BCUT2D eigenvalue weighted by Crippen LogP contribution is -2.30. The molecular formula is C19H22N4O4S2. The lowest BCUT2D eigenvalue weighted by molar-refractivity contribution is -0.123. The van der Waals surface area contributed by atoms with Crippen molar-refractivity contribution in [3.8, 4) is 0 Å². The molecule has 0 fully saturated rings. The van der Waals surface area contributed by atoms with Gasteiger partial charge in [-0.15, -0.1) is 22.7 Å². The lowest BCUT2D eigenvalue weighted by atomic mass is 10.2. The molecule has 154 valence electrons. The molecule has 3 aromatic heterocycles. The summed E-state index contributed by atoms with van der Waals surface area (Å²) in [4.78, 5) is 37.6. The molecule has 29 heavy (non-hydrogen) atoms. The van der Waals surface area contributed by atoms with Gasteiger partial charge in [-0.2, -0.15) is 5.10 Å². The number of fused-ring (bicyclic) bond motifs is 1. The number of amides is 2. The minimum Gasteiger partial charge on any atom is -0.448 e. The zero-order valence-electron chi connectivity index (χ0n) is 16.5. The quantitative estimate of drug-likeness (QED) is 0.553. The molecular weight excluding hydrogens is 412 g/mol. The Morgan fingerprint density at radius 1 is 1.31 bits per heavy atom. The number of nitrogens with two attached hydrogens (primary N) is 1. The van der Waals surface area contributed by atoms with Crippen molar-refractivity contribution in [2.45, 2.75) is 40.3 Å². The molecule has 0 aliphatic carbocycles. The highest BCUT2D eigenvalue weighted by Crippen LogP contribution is 2.30. The smallest absolute Gasteiger partial charge is 0.349 e. The number of ether oxygens (including phenoxy) is 1. The molecule has 1 atom stereocenters. The fraction of sp³-hybridized carbons (Fsp3) is 0.368. The predicted octanol–water partition coefficient (Wildman–Crippen LogP) is 3.41. The van der Waals surface area contributed by atoms with Gasteiger partial charge in [0.05, 0.1) is 11.3 Å². The first kappa shape index (κ1) is 21.0. The van der Waals surface area contributed by atoms with E-state index in [1.165, 1.54) is 35.7 Å². The molecule has 2 amide bonds. The fourth-order valence-electron chi connectivity index (χ4n) is 2.77. The Hall–Kier alpha value is -2.72. The van der Waals surface area contributed by atoms with Crippen molar-refractivity contribution in [3.05, 3.63) is 33.6 Å². The molecule has 0 aliphatic rings. The van der Waals surface area contributed by atoms with Gasteiger partial charge in [-0.25, -0.2) is 4.79 Å². The standard InChI is InChI=1S/C19H22N4O4S2/c1-9(2)8-23-18-13(10(3)22-23)7-14(29-18)19(26)27-11(4)16(25)21-17-12(15(20)24)5-6-28-17/h5-7,9,11H,8H2,1-4H3,(H2,20,24)(H,21,25). The molecule has 3 rings (SSSR count). The Balaban J connectivity index is 1.71. The number of primary amides is 1. The average Bonchev–Trinajstić information content (AvgIpc) is 3.32. The summed E-state index contributed by atoms with van der Waals surface area (Å²) < 4.78 is 7.22. The fourth-order valence-corrected chi connectivity index (χ4v) is 4.62. The highest BCUT2D eigenvalue weighted by molar-refractivity contribution is 7.20. The number of carbonyl (C=O) groups excluding carboxylic acids is 3. The predicted molar refractivity (Wildman–Crippen MR) is 114 cm³/mol. The van der Waals surface area contributed by atoms with E-state index in [0.29, 0.717) is 15.8 Å². The van der Waals surface area contributed by atoms with Crippen LogP contribution >= 0.6 is 22.7 Å². The van der Waals surface area contributed by atoms with E-state index < -0.39 is 23.9 Å². The second-order valence-corrected chi connectivity index (χ2v) is 9.00. The maximum Gasteiger partial charge on any atom is 0.349 e.